The Labute approximate surface area is 219 Å². The number of benzene rings is 3. The van der Waals surface area contributed by atoms with Gasteiger partial charge in [0.05, 0.1) is 24.2 Å². The third-order valence-corrected chi connectivity index (χ3v) is 6.96. The molecule has 0 unspecified atom stereocenters. The van der Waals surface area contributed by atoms with Crippen molar-refractivity contribution in [3.8, 4) is 11.5 Å². The standard InChI is InChI=1S/C29H27ClN2O5/c1-17-12-19(8-11-26(17)36-16-21-15-31(3)25-6-4-5-7-27(25)37-21)29(35)32-18(2)22(14-28(33)34)23-13-20(30)9-10-24(23)32/h4-13,21H,14-16H2,1-3H3,(H,33,34)/t21-/m0/s1. The lowest BCUT2D eigenvalue weighted by atomic mass is 10.1. The van der Waals surface area contributed by atoms with Crippen molar-refractivity contribution in [1.82, 2.24) is 4.57 Å². The van der Waals surface area contributed by atoms with Gasteiger partial charge in [0.2, 0.25) is 0 Å². The number of likely N-dealkylation sites (N-methyl/N-ethyl adjacent to an activating group) is 1. The molecule has 0 radical (unpaired) electrons. The molecule has 0 saturated heterocycles. The van der Waals surface area contributed by atoms with Crippen LogP contribution in [-0.2, 0) is 11.2 Å². The van der Waals surface area contributed by atoms with Gasteiger partial charge in [0.25, 0.3) is 5.91 Å². The Morgan fingerprint density at radius 2 is 1.89 bits per heavy atom. The molecule has 1 atom stereocenters. The highest BCUT2D eigenvalue weighted by Gasteiger charge is 2.25. The predicted molar refractivity (Wildman–Crippen MR) is 144 cm³/mol. The number of para-hydroxylation sites is 2. The number of aryl methyl sites for hydroxylation is 1. The first-order valence-corrected chi connectivity index (χ1v) is 12.4. The maximum absolute atomic E-state index is 13.6. The van der Waals surface area contributed by atoms with Gasteiger partial charge >= 0.3 is 5.97 Å². The Bertz CT molecular complexity index is 1530. The van der Waals surface area contributed by atoms with Gasteiger partial charge in [-0.05, 0) is 73.5 Å². The molecule has 0 amide bonds. The molecule has 1 aliphatic heterocycles. The molecule has 0 saturated carbocycles. The van der Waals surface area contributed by atoms with Crippen LogP contribution in [-0.4, -0.2) is 47.9 Å². The molecule has 0 aliphatic carbocycles. The number of carbonyl (C=O) groups excluding carboxylic acids is 1. The van der Waals surface area contributed by atoms with E-state index in [2.05, 4.69) is 4.90 Å². The van der Waals surface area contributed by atoms with Crippen molar-refractivity contribution >= 4 is 40.1 Å². The van der Waals surface area contributed by atoms with Crippen molar-refractivity contribution in [2.75, 3.05) is 25.1 Å². The Hall–Kier alpha value is -3.97. The van der Waals surface area contributed by atoms with Crippen LogP contribution in [0.3, 0.4) is 0 Å². The maximum Gasteiger partial charge on any atom is 0.307 e. The van der Waals surface area contributed by atoms with Crippen LogP contribution in [0.5, 0.6) is 11.5 Å². The van der Waals surface area contributed by atoms with Gasteiger partial charge < -0.3 is 19.5 Å². The number of hydrogen-bond acceptors (Lipinski definition) is 5. The van der Waals surface area contributed by atoms with Crippen molar-refractivity contribution in [2.24, 2.45) is 0 Å². The van der Waals surface area contributed by atoms with Gasteiger partial charge in [-0.2, -0.15) is 0 Å². The summed E-state index contributed by atoms with van der Waals surface area (Å²) in [5.41, 5.74) is 4.14. The molecule has 1 N–H and O–H groups in total. The number of rotatable bonds is 6. The van der Waals surface area contributed by atoms with E-state index in [-0.39, 0.29) is 18.4 Å². The van der Waals surface area contributed by atoms with E-state index in [1.54, 1.807) is 47.9 Å². The number of ether oxygens (including phenoxy) is 2. The number of hydrogen-bond donors (Lipinski definition) is 1. The molecule has 190 valence electrons. The van der Waals surface area contributed by atoms with E-state index in [1.165, 1.54) is 0 Å². The Kier molecular flexibility index (Phi) is 6.56. The monoisotopic (exact) mass is 518 g/mol. The molecule has 1 aromatic heterocycles. The van der Waals surface area contributed by atoms with Gasteiger partial charge in [0.15, 0.2) is 0 Å². The number of fused-ring (bicyclic) bond motifs is 2. The quantitative estimate of drug-likeness (QED) is 0.363. The third kappa shape index (κ3) is 4.74. The minimum absolute atomic E-state index is 0.131. The summed E-state index contributed by atoms with van der Waals surface area (Å²) in [7, 11) is 2.03. The molecular weight excluding hydrogens is 492 g/mol. The zero-order valence-electron chi connectivity index (χ0n) is 20.8. The van der Waals surface area contributed by atoms with Crippen molar-refractivity contribution in [2.45, 2.75) is 26.4 Å². The van der Waals surface area contributed by atoms with E-state index < -0.39 is 5.97 Å². The molecule has 1 aliphatic rings. The third-order valence-electron chi connectivity index (χ3n) is 6.72. The second kappa shape index (κ2) is 9.82. The molecule has 5 rings (SSSR count). The van der Waals surface area contributed by atoms with E-state index >= 15 is 0 Å². The van der Waals surface area contributed by atoms with Gasteiger partial charge in [-0.3, -0.25) is 14.2 Å². The smallest absolute Gasteiger partial charge is 0.307 e. The SMILES string of the molecule is Cc1cc(C(=O)n2c(C)c(CC(=O)O)c3cc(Cl)ccc32)ccc1OC[C@@H]1CN(C)c2ccccc2O1. The van der Waals surface area contributed by atoms with Crippen LogP contribution in [0, 0.1) is 13.8 Å². The molecule has 3 aromatic carbocycles. The molecular formula is C29H27ClN2O5. The van der Waals surface area contributed by atoms with Crippen LogP contribution < -0.4 is 14.4 Å². The second-order valence-corrected chi connectivity index (χ2v) is 9.75. The lowest BCUT2D eigenvalue weighted by Gasteiger charge is -2.33. The summed E-state index contributed by atoms with van der Waals surface area (Å²) in [5, 5.41) is 10.6. The summed E-state index contributed by atoms with van der Waals surface area (Å²) in [5.74, 6) is 0.294. The van der Waals surface area contributed by atoms with Gasteiger partial charge in [0.1, 0.15) is 24.2 Å². The zero-order chi connectivity index (χ0) is 26.3. The first-order valence-electron chi connectivity index (χ1n) is 12.0. The fraction of sp³-hybridized carbons (Fsp3) is 0.241. The fourth-order valence-electron chi connectivity index (χ4n) is 4.93. The molecule has 0 spiro atoms. The molecule has 7 nitrogen and oxygen atoms in total. The lowest BCUT2D eigenvalue weighted by molar-refractivity contribution is -0.136. The summed E-state index contributed by atoms with van der Waals surface area (Å²) in [6.07, 6.45) is -0.327. The summed E-state index contributed by atoms with van der Waals surface area (Å²) in [6.45, 7) is 4.72. The van der Waals surface area contributed by atoms with Crippen molar-refractivity contribution in [3.05, 3.63) is 88.1 Å². The summed E-state index contributed by atoms with van der Waals surface area (Å²) in [4.78, 5) is 27.2. The first-order chi connectivity index (χ1) is 17.7. The van der Waals surface area contributed by atoms with Crippen molar-refractivity contribution in [1.29, 1.82) is 0 Å². The van der Waals surface area contributed by atoms with E-state index in [1.807, 2.05) is 38.2 Å². The van der Waals surface area contributed by atoms with Gasteiger partial charge in [-0.25, -0.2) is 0 Å². The van der Waals surface area contributed by atoms with Crippen LogP contribution in [0.15, 0.2) is 60.7 Å². The zero-order valence-corrected chi connectivity index (χ0v) is 21.6. The average Bonchev–Trinajstić information content (AvgIpc) is 3.12. The number of aromatic nitrogens is 1. The highest BCUT2D eigenvalue weighted by Crippen LogP contribution is 2.33. The molecule has 2 heterocycles. The highest BCUT2D eigenvalue weighted by molar-refractivity contribution is 6.31. The number of aliphatic carboxylic acids is 1. The van der Waals surface area contributed by atoms with Gasteiger partial charge in [-0.15, -0.1) is 0 Å². The number of anilines is 1. The largest absolute Gasteiger partial charge is 0.489 e. The minimum Gasteiger partial charge on any atom is -0.489 e. The van der Waals surface area contributed by atoms with E-state index in [0.29, 0.717) is 51.6 Å². The van der Waals surface area contributed by atoms with Crippen LogP contribution in [0.2, 0.25) is 5.02 Å². The molecule has 0 bridgehead atoms. The van der Waals surface area contributed by atoms with Gasteiger partial charge in [0, 0.05) is 28.7 Å². The Morgan fingerprint density at radius 1 is 1.11 bits per heavy atom. The van der Waals surface area contributed by atoms with E-state index in [9.17, 15) is 14.7 Å². The first kappa shape index (κ1) is 24.7. The topological polar surface area (TPSA) is 81.0 Å². The molecule has 0 fully saturated rings. The highest BCUT2D eigenvalue weighted by atomic mass is 35.5. The number of carbonyl (C=O) groups is 2. The van der Waals surface area contributed by atoms with Crippen molar-refractivity contribution in [3.63, 3.8) is 0 Å². The van der Waals surface area contributed by atoms with E-state index in [0.717, 1.165) is 17.0 Å². The molecule has 4 aromatic rings. The summed E-state index contributed by atoms with van der Waals surface area (Å²) in [6, 6.07) is 18.4. The van der Waals surface area contributed by atoms with Crippen LogP contribution in [0.1, 0.15) is 27.2 Å². The minimum atomic E-state index is -0.969. The molecule has 8 heteroatoms. The van der Waals surface area contributed by atoms with E-state index in [4.69, 9.17) is 21.1 Å². The average molecular weight is 519 g/mol. The Morgan fingerprint density at radius 3 is 2.65 bits per heavy atom. The van der Waals surface area contributed by atoms with Crippen molar-refractivity contribution < 1.29 is 24.2 Å². The molecule has 37 heavy (non-hydrogen) atoms. The number of nitrogens with zero attached hydrogens (tertiary/aromatic N) is 2. The van der Waals surface area contributed by atoms with Crippen LogP contribution >= 0.6 is 11.6 Å². The number of carboxylic acid groups (broad SMARTS) is 1. The lowest BCUT2D eigenvalue weighted by Crippen LogP contribution is -2.41. The second-order valence-electron chi connectivity index (χ2n) is 9.32. The number of carboxylic acids is 1. The fourth-order valence-corrected chi connectivity index (χ4v) is 5.10. The summed E-state index contributed by atoms with van der Waals surface area (Å²) < 4.78 is 13.7. The van der Waals surface area contributed by atoms with Crippen LogP contribution in [0.4, 0.5) is 5.69 Å². The predicted octanol–water partition coefficient (Wildman–Crippen LogP) is 5.50. The normalized spacial score (nSPS) is 14.8. The van der Waals surface area contributed by atoms with Gasteiger partial charge in [-0.1, -0.05) is 23.7 Å². The maximum atomic E-state index is 13.6. The van der Waals surface area contributed by atoms with Crippen LogP contribution in [0.25, 0.3) is 10.9 Å². The summed E-state index contributed by atoms with van der Waals surface area (Å²) >= 11 is 6.18. The Balaban J connectivity index is 1.37. The number of halogens is 1.